The van der Waals surface area contributed by atoms with Crippen molar-refractivity contribution in [2.45, 2.75) is 38.1 Å². The average Bonchev–Trinajstić information content (AvgIpc) is 3.40. The standard InChI is InChI=1S/C23H25ClN4O3S/c1-16-12-17(2)28(26-16)15-18-6-5-7-19(13-18)23(29)25-20-8-9-21(24)22(14-20)32(30,31)27-10-3-4-11-27/h5-9,12-14H,3-4,10-11,15H2,1-2H3,(H,25,29). The molecular weight excluding hydrogens is 448 g/mol. The number of rotatable bonds is 6. The van der Waals surface area contributed by atoms with Gasteiger partial charge in [0, 0.05) is 30.0 Å². The zero-order valence-electron chi connectivity index (χ0n) is 18.0. The monoisotopic (exact) mass is 472 g/mol. The first-order chi connectivity index (χ1) is 15.2. The highest BCUT2D eigenvalue weighted by Crippen LogP contribution is 2.29. The highest BCUT2D eigenvalue weighted by atomic mass is 35.5. The summed E-state index contributed by atoms with van der Waals surface area (Å²) in [5.41, 5.74) is 3.78. The molecule has 168 valence electrons. The molecule has 3 aromatic rings. The van der Waals surface area contributed by atoms with Crippen LogP contribution in [0.1, 0.15) is 40.2 Å². The summed E-state index contributed by atoms with van der Waals surface area (Å²) in [5.74, 6) is -0.327. The molecule has 32 heavy (non-hydrogen) atoms. The van der Waals surface area contributed by atoms with Gasteiger partial charge >= 0.3 is 0 Å². The lowest BCUT2D eigenvalue weighted by molar-refractivity contribution is 0.102. The number of nitrogens with one attached hydrogen (secondary N) is 1. The number of hydrogen-bond donors (Lipinski definition) is 1. The summed E-state index contributed by atoms with van der Waals surface area (Å²) in [5, 5.41) is 7.40. The van der Waals surface area contributed by atoms with E-state index in [-0.39, 0.29) is 15.8 Å². The predicted molar refractivity (Wildman–Crippen MR) is 125 cm³/mol. The van der Waals surface area contributed by atoms with Crippen LogP contribution in [0.5, 0.6) is 0 Å². The van der Waals surface area contributed by atoms with Crippen molar-refractivity contribution in [3.8, 4) is 0 Å². The number of carbonyl (C=O) groups excluding carboxylic acids is 1. The van der Waals surface area contributed by atoms with Gasteiger partial charge in [-0.1, -0.05) is 23.7 Å². The van der Waals surface area contributed by atoms with E-state index in [1.807, 2.05) is 42.8 Å². The molecule has 0 unspecified atom stereocenters. The van der Waals surface area contributed by atoms with Crippen LogP contribution < -0.4 is 5.32 Å². The van der Waals surface area contributed by atoms with Crippen molar-refractivity contribution in [3.63, 3.8) is 0 Å². The first kappa shape index (κ1) is 22.5. The third kappa shape index (κ3) is 4.72. The number of anilines is 1. The largest absolute Gasteiger partial charge is 0.322 e. The Labute approximate surface area is 193 Å². The van der Waals surface area contributed by atoms with Gasteiger partial charge in [-0.15, -0.1) is 0 Å². The van der Waals surface area contributed by atoms with E-state index >= 15 is 0 Å². The first-order valence-electron chi connectivity index (χ1n) is 10.4. The molecule has 0 radical (unpaired) electrons. The van der Waals surface area contributed by atoms with Crippen LogP contribution in [0.4, 0.5) is 5.69 Å². The van der Waals surface area contributed by atoms with Crippen LogP contribution in [-0.4, -0.2) is 41.5 Å². The summed E-state index contributed by atoms with van der Waals surface area (Å²) in [6.45, 7) is 5.46. The van der Waals surface area contributed by atoms with Crippen LogP contribution in [0.3, 0.4) is 0 Å². The summed E-state index contributed by atoms with van der Waals surface area (Å²) < 4.78 is 29.2. The molecule has 2 heterocycles. The SMILES string of the molecule is Cc1cc(C)n(Cc2cccc(C(=O)Nc3ccc(Cl)c(S(=O)(=O)N4CCCC4)c3)c2)n1. The average molecular weight is 473 g/mol. The van der Waals surface area contributed by atoms with Gasteiger partial charge in [0.05, 0.1) is 17.3 Å². The molecule has 0 atom stereocenters. The van der Waals surface area contributed by atoms with E-state index in [4.69, 9.17) is 11.6 Å². The molecule has 9 heteroatoms. The van der Waals surface area contributed by atoms with Crippen LogP contribution >= 0.6 is 11.6 Å². The van der Waals surface area contributed by atoms with Crippen LogP contribution in [0.2, 0.25) is 5.02 Å². The Balaban J connectivity index is 1.54. The van der Waals surface area contributed by atoms with E-state index < -0.39 is 10.0 Å². The molecule has 1 aliphatic rings. The van der Waals surface area contributed by atoms with Crippen molar-refractivity contribution < 1.29 is 13.2 Å². The Bertz CT molecular complexity index is 1260. The second-order valence-corrected chi connectivity index (χ2v) is 10.3. The smallest absolute Gasteiger partial charge is 0.255 e. The Morgan fingerprint density at radius 3 is 2.53 bits per heavy atom. The molecule has 1 aromatic heterocycles. The Hall–Kier alpha value is -2.68. The maximum absolute atomic E-state index is 12.9. The van der Waals surface area contributed by atoms with E-state index in [9.17, 15) is 13.2 Å². The summed E-state index contributed by atoms with van der Waals surface area (Å²) in [4.78, 5) is 12.9. The molecule has 0 spiro atoms. The van der Waals surface area contributed by atoms with Crippen molar-refractivity contribution in [3.05, 3.63) is 76.1 Å². The van der Waals surface area contributed by atoms with Gasteiger partial charge in [-0.05, 0) is 68.7 Å². The summed E-state index contributed by atoms with van der Waals surface area (Å²) in [6, 6.07) is 13.8. The van der Waals surface area contributed by atoms with Gasteiger partial charge in [0.15, 0.2) is 0 Å². The quantitative estimate of drug-likeness (QED) is 0.581. The van der Waals surface area contributed by atoms with Crippen molar-refractivity contribution in [1.82, 2.24) is 14.1 Å². The lowest BCUT2D eigenvalue weighted by atomic mass is 10.1. The first-order valence-corrected chi connectivity index (χ1v) is 12.3. The number of nitrogens with zero attached hydrogens (tertiary/aromatic N) is 3. The van der Waals surface area contributed by atoms with E-state index in [0.29, 0.717) is 30.9 Å². The molecule has 7 nitrogen and oxygen atoms in total. The topological polar surface area (TPSA) is 84.3 Å². The molecule has 0 aliphatic carbocycles. The van der Waals surface area contributed by atoms with Gasteiger partial charge < -0.3 is 5.32 Å². The van der Waals surface area contributed by atoms with Gasteiger partial charge in [-0.2, -0.15) is 9.40 Å². The normalized spacial score (nSPS) is 14.6. The van der Waals surface area contributed by atoms with E-state index in [0.717, 1.165) is 29.8 Å². The molecular formula is C23H25ClN4O3S. The fraction of sp³-hybridized carbons (Fsp3) is 0.304. The van der Waals surface area contributed by atoms with E-state index in [1.165, 1.54) is 16.4 Å². The fourth-order valence-electron chi connectivity index (χ4n) is 3.87. The highest BCUT2D eigenvalue weighted by Gasteiger charge is 2.29. The van der Waals surface area contributed by atoms with Crippen molar-refractivity contribution in [2.75, 3.05) is 18.4 Å². The molecule has 1 N–H and O–H groups in total. The molecule has 0 bridgehead atoms. The molecule has 1 fully saturated rings. The minimum atomic E-state index is -3.70. The Kier molecular flexibility index (Phi) is 6.37. The number of halogens is 1. The number of amides is 1. The van der Waals surface area contributed by atoms with Gasteiger partial charge in [0.25, 0.3) is 5.91 Å². The number of carbonyl (C=O) groups is 1. The molecule has 4 rings (SSSR count). The van der Waals surface area contributed by atoms with E-state index in [2.05, 4.69) is 10.4 Å². The third-order valence-electron chi connectivity index (χ3n) is 5.50. The van der Waals surface area contributed by atoms with Crippen LogP contribution in [0.25, 0.3) is 0 Å². The van der Waals surface area contributed by atoms with Gasteiger partial charge in [0.1, 0.15) is 4.90 Å². The second-order valence-electron chi connectivity index (χ2n) is 8.00. The number of aryl methyl sites for hydroxylation is 2. The molecule has 1 saturated heterocycles. The fourth-order valence-corrected chi connectivity index (χ4v) is 5.89. The maximum Gasteiger partial charge on any atom is 0.255 e. The van der Waals surface area contributed by atoms with E-state index in [1.54, 1.807) is 12.1 Å². The van der Waals surface area contributed by atoms with Crippen molar-refractivity contribution >= 4 is 33.2 Å². The lowest BCUT2D eigenvalue weighted by Crippen LogP contribution is -2.28. The Morgan fingerprint density at radius 2 is 1.84 bits per heavy atom. The molecule has 1 amide bonds. The summed E-state index contributed by atoms with van der Waals surface area (Å²) in [6.07, 6.45) is 1.67. The molecule has 1 aliphatic heterocycles. The number of hydrogen-bond acceptors (Lipinski definition) is 4. The minimum Gasteiger partial charge on any atom is -0.322 e. The summed E-state index contributed by atoms with van der Waals surface area (Å²) >= 11 is 6.20. The molecule has 0 saturated carbocycles. The summed E-state index contributed by atoms with van der Waals surface area (Å²) in [7, 11) is -3.70. The second kappa shape index (κ2) is 9.05. The van der Waals surface area contributed by atoms with Crippen LogP contribution in [-0.2, 0) is 16.6 Å². The Morgan fingerprint density at radius 1 is 1.09 bits per heavy atom. The van der Waals surface area contributed by atoms with Crippen molar-refractivity contribution in [1.29, 1.82) is 0 Å². The number of aromatic nitrogens is 2. The zero-order chi connectivity index (χ0) is 22.9. The highest BCUT2D eigenvalue weighted by molar-refractivity contribution is 7.89. The maximum atomic E-state index is 12.9. The van der Waals surface area contributed by atoms with Gasteiger partial charge in [-0.3, -0.25) is 9.48 Å². The lowest BCUT2D eigenvalue weighted by Gasteiger charge is -2.17. The molecule has 2 aromatic carbocycles. The van der Waals surface area contributed by atoms with Crippen molar-refractivity contribution in [2.24, 2.45) is 0 Å². The predicted octanol–water partition coefficient (Wildman–Crippen LogP) is 4.24. The van der Waals surface area contributed by atoms with Crippen LogP contribution in [0.15, 0.2) is 53.4 Å². The zero-order valence-corrected chi connectivity index (χ0v) is 19.6. The number of benzene rings is 2. The van der Waals surface area contributed by atoms with Crippen LogP contribution in [0, 0.1) is 13.8 Å². The minimum absolute atomic E-state index is 0.0112. The third-order valence-corrected chi connectivity index (χ3v) is 7.88. The van der Waals surface area contributed by atoms with Gasteiger partial charge in [-0.25, -0.2) is 8.42 Å². The van der Waals surface area contributed by atoms with Gasteiger partial charge in [0.2, 0.25) is 10.0 Å². The number of sulfonamides is 1.